The summed E-state index contributed by atoms with van der Waals surface area (Å²) in [7, 11) is 0. The van der Waals surface area contributed by atoms with Gasteiger partial charge in [0.2, 0.25) is 0 Å². The zero-order chi connectivity index (χ0) is 21.8. The van der Waals surface area contributed by atoms with Crippen LogP contribution >= 0.6 is 0 Å². The number of aromatic carboxylic acids is 1. The minimum absolute atomic E-state index is 0.144. The topological polar surface area (TPSA) is 144 Å². The minimum Gasteiger partial charge on any atom is -0.478 e. The first-order valence-electron chi connectivity index (χ1n) is 10.1. The predicted octanol–water partition coefficient (Wildman–Crippen LogP) is 2.86. The first-order chi connectivity index (χ1) is 15.0. The van der Waals surface area contributed by atoms with Gasteiger partial charge in [0.25, 0.3) is 5.91 Å². The van der Waals surface area contributed by atoms with Gasteiger partial charge in [-0.25, -0.2) is 4.79 Å². The third-order valence-electron chi connectivity index (χ3n) is 5.39. The second kappa shape index (κ2) is 8.97. The fourth-order valence-corrected chi connectivity index (χ4v) is 3.77. The van der Waals surface area contributed by atoms with E-state index in [4.69, 9.17) is 5.11 Å². The van der Waals surface area contributed by atoms with Crippen LogP contribution in [0.15, 0.2) is 49.1 Å². The largest absolute Gasteiger partial charge is 0.478 e. The number of carboxylic acid groups (broad SMARTS) is 1. The number of hydrogen-bond donors (Lipinski definition) is 5. The number of H-pyrrole nitrogens is 2. The maximum Gasteiger partial charge on any atom is 0.339 e. The van der Waals surface area contributed by atoms with E-state index in [1.807, 2.05) is 12.1 Å². The van der Waals surface area contributed by atoms with Gasteiger partial charge in [-0.15, -0.1) is 0 Å². The molecule has 4 aromatic heterocycles. The van der Waals surface area contributed by atoms with Crippen molar-refractivity contribution in [2.75, 3.05) is 0 Å². The van der Waals surface area contributed by atoms with Crippen molar-refractivity contribution in [2.24, 2.45) is 0 Å². The standard InChI is InChI=1S/C14H17N3O2.C8H6N2O2/c18-12-6-2-1-4-10(12)17-14(19)9-8-16-11-5-3-7-15-13(9)11;11-8(12)5-4-10-6-2-1-3-9-7(5)6/h3,5,7-8,10,12,16,18H,1-2,4,6H2,(H,17,19);1-4,10H,(H,11,12)/t10-,12-;/m1./s1. The number of hydrogen-bond acceptors (Lipinski definition) is 5. The van der Waals surface area contributed by atoms with Gasteiger partial charge >= 0.3 is 5.97 Å². The molecule has 2 atom stereocenters. The van der Waals surface area contributed by atoms with Crippen molar-refractivity contribution in [3.8, 4) is 0 Å². The molecule has 5 N–H and O–H groups in total. The number of amides is 1. The molecule has 0 unspecified atom stereocenters. The summed E-state index contributed by atoms with van der Waals surface area (Å²) in [5.74, 6) is -1.13. The average Bonchev–Trinajstić information content (AvgIpc) is 3.40. The van der Waals surface area contributed by atoms with Crippen molar-refractivity contribution >= 4 is 33.9 Å². The number of aliphatic hydroxyl groups excluding tert-OH is 1. The molecule has 1 saturated carbocycles. The summed E-state index contributed by atoms with van der Waals surface area (Å²) in [5.41, 5.74) is 3.51. The van der Waals surface area contributed by atoms with Crippen LogP contribution < -0.4 is 5.32 Å². The molecule has 4 aromatic rings. The highest BCUT2D eigenvalue weighted by Gasteiger charge is 2.25. The number of carboxylic acids is 1. The predicted molar refractivity (Wildman–Crippen MR) is 115 cm³/mol. The fourth-order valence-electron chi connectivity index (χ4n) is 3.77. The van der Waals surface area contributed by atoms with Crippen LogP contribution in [0.25, 0.3) is 22.1 Å². The summed E-state index contributed by atoms with van der Waals surface area (Å²) >= 11 is 0. The second-order valence-corrected chi connectivity index (χ2v) is 7.44. The Morgan fingerprint density at radius 1 is 0.935 bits per heavy atom. The van der Waals surface area contributed by atoms with Gasteiger partial charge in [0.05, 0.1) is 28.7 Å². The van der Waals surface area contributed by atoms with E-state index in [2.05, 4.69) is 25.3 Å². The lowest BCUT2D eigenvalue weighted by Gasteiger charge is -2.28. The molecule has 1 aliphatic carbocycles. The fraction of sp³-hybridized carbons (Fsp3) is 0.273. The number of aromatic nitrogens is 4. The number of carbonyl (C=O) groups excluding carboxylic acids is 1. The maximum atomic E-state index is 12.3. The third kappa shape index (κ3) is 4.41. The van der Waals surface area contributed by atoms with Crippen LogP contribution in [0.2, 0.25) is 0 Å². The lowest BCUT2D eigenvalue weighted by molar-refractivity contribution is 0.0698. The van der Waals surface area contributed by atoms with E-state index < -0.39 is 12.1 Å². The summed E-state index contributed by atoms with van der Waals surface area (Å²) in [6.07, 6.45) is 9.60. The molecule has 1 aliphatic rings. The van der Waals surface area contributed by atoms with Crippen molar-refractivity contribution in [1.29, 1.82) is 0 Å². The van der Waals surface area contributed by atoms with Crippen LogP contribution in [0, 0.1) is 0 Å². The smallest absolute Gasteiger partial charge is 0.339 e. The van der Waals surface area contributed by atoms with Gasteiger partial charge < -0.3 is 25.5 Å². The Morgan fingerprint density at radius 3 is 2.13 bits per heavy atom. The summed E-state index contributed by atoms with van der Waals surface area (Å²) in [6, 6.07) is 7.11. The summed E-state index contributed by atoms with van der Waals surface area (Å²) in [4.78, 5) is 36.9. The van der Waals surface area contributed by atoms with Gasteiger partial charge in [-0.2, -0.15) is 0 Å². The Bertz CT molecular complexity index is 1210. The molecule has 0 bridgehead atoms. The third-order valence-corrected chi connectivity index (χ3v) is 5.39. The number of aliphatic hydroxyl groups is 1. The molecule has 9 heteroatoms. The molecular weight excluding hydrogens is 398 g/mol. The number of rotatable bonds is 3. The van der Waals surface area contributed by atoms with Crippen LogP contribution in [0.1, 0.15) is 46.4 Å². The van der Waals surface area contributed by atoms with Crippen molar-refractivity contribution < 1.29 is 19.8 Å². The zero-order valence-corrected chi connectivity index (χ0v) is 16.7. The van der Waals surface area contributed by atoms with E-state index >= 15 is 0 Å². The zero-order valence-electron chi connectivity index (χ0n) is 16.7. The number of nitrogens with zero attached hydrogens (tertiary/aromatic N) is 2. The van der Waals surface area contributed by atoms with Gasteiger partial charge in [0.1, 0.15) is 16.6 Å². The minimum atomic E-state index is -0.958. The maximum absolute atomic E-state index is 12.3. The molecule has 0 aliphatic heterocycles. The molecule has 4 heterocycles. The summed E-state index contributed by atoms with van der Waals surface area (Å²) in [5, 5.41) is 21.5. The summed E-state index contributed by atoms with van der Waals surface area (Å²) in [6.45, 7) is 0. The Hall–Kier alpha value is -3.72. The number of nitrogens with one attached hydrogen (secondary N) is 3. The van der Waals surface area contributed by atoms with E-state index in [0.29, 0.717) is 16.6 Å². The number of aromatic amines is 2. The Balaban J connectivity index is 0.000000166. The van der Waals surface area contributed by atoms with Crippen LogP contribution in [0.3, 0.4) is 0 Å². The highest BCUT2D eigenvalue weighted by atomic mass is 16.4. The van der Waals surface area contributed by atoms with Crippen molar-refractivity contribution in [2.45, 2.75) is 37.8 Å². The molecule has 1 fully saturated rings. The molecule has 1 amide bonds. The van der Waals surface area contributed by atoms with Crippen LogP contribution in [0.4, 0.5) is 0 Å². The molecule has 0 aromatic carbocycles. The van der Waals surface area contributed by atoms with Crippen molar-refractivity contribution in [1.82, 2.24) is 25.3 Å². The molecule has 0 radical (unpaired) electrons. The van der Waals surface area contributed by atoms with Crippen LogP contribution in [0.5, 0.6) is 0 Å². The van der Waals surface area contributed by atoms with E-state index in [0.717, 1.165) is 36.7 Å². The number of pyridine rings is 2. The first-order valence-corrected chi connectivity index (χ1v) is 10.1. The second-order valence-electron chi connectivity index (χ2n) is 7.44. The SMILES string of the molecule is O=C(N[C@@H]1CCCC[C@H]1O)c1c[nH]c2cccnc12.O=C(O)c1c[nH]c2cccnc12. The monoisotopic (exact) mass is 421 g/mol. The van der Waals surface area contributed by atoms with Gasteiger partial charge in [0, 0.05) is 24.8 Å². The van der Waals surface area contributed by atoms with Gasteiger partial charge in [-0.1, -0.05) is 12.8 Å². The molecule has 9 nitrogen and oxygen atoms in total. The lowest BCUT2D eigenvalue weighted by Crippen LogP contribution is -2.45. The molecule has 160 valence electrons. The molecule has 31 heavy (non-hydrogen) atoms. The normalized spacial score (nSPS) is 18.4. The first kappa shape index (κ1) is 20.5. The van der Waals surface area contributed by atoms with E-state index in [1.165, 1.54) is 6.20 Å². The van der Waals surface area contributed by atoms with Crippen LogP contribution in [-0.4, -0.2) is 54.2 Å². The Morgan fingerprint density at radius 2 is 1.52 bits per heavy atom. The molecular formula is C22H23N5O4. The number of carbonyl (C=O) groups is 2. The Kier molecular flexibility index (Phi) is 5.94. The Labute approximate surface area is 177 Å². The molecule has 0 saturated heterocycles. The van der Waals surface area contributed by atoms with E-state index in [1.54, 1.807) is 30.7 Å². The van der Waals surface area contributed by atoms with Crippen LogP contribution in [-0.2, 0) is 0 Å². The van der Waals surface area contributed by atoms with E-state index in [9.17, 15) is 14.7 Å². The van der Waals surface area contributed by atoms with Gasteiger partial charge in [0.15, 0.2) is 0 Å². The van der Waals surface area contributed by atoms with Gasteiger partial charge in [-0.3, -0.25) is 14.8 Å². The number of fused-ring (bicyclic) bond motifs is 2. The van der Waals surface area contributed by atoms with Gasteiger partial charge in [-0.05, 0) is 37.1 Å². The highest BCUT2D eigenvalue weighted by molar-refractivity contribution is 6.05. The molecule has 5 rings (SSSR count). The quantitative estimate of drug-likeness (QED) is 0.344. The van der Waals surface area contributed by atoms with Crippen molar-refractivity contribution in [3.63, 3.8) is 0 Å². The lowest BCUT2D eigenvalue weighted by atomic mass is 9.92. The summed E-state index contributed by atoms with van der Waals surface area (Å²) < 4.78 is 0. The molecule has 0 spiro atoms. The average molecular weight is 421 g/mol. The van der Waals surface area contributed by atoms with Crippen molar-refractivity contribution in [3.05, 3.63) is 60.2 Å². The van der Waals surface area contributed by atoms with E-state index in [-0.39, 0.29) is 17.5 Å². The highest BCUT2D eigenvalue weighted by Crippen LogP contribution is 2.20.